The summed E-state index contributed by atoms with van der Waals surface area (Å²) in [6.45, 7) is 6.71. The molecule has 0 fully saturated rings. The van der Waals surface area contributed by atoms with Crippen molar-refractivity contribution in [2.24, 2.45) is 10.7 Å². The molecule has 51 heavy (non-hydrogen) atoms. The molecule has 2 N–H and O–H groups in total. The number of carbonyl (C=O) groups is 1. The average Bonchev–Trinajstić information content (AvgIpc) is 3.13. The standard InChI is InChI=1S/C34H51ClN5O10.ClH/c1-42-16-17-43-18-19-44-20-21-45-22-23-46-24-25-47-26-27-49-34(50-29-41)39-13-10-31(11-14-39)40(33(37)38-28-36)12-4-2-3-5-15-48-32-8-6-30(35)7-9-32;/h6-11,13-14,29,34H,2-5,12,15-27H2,1H3,(H2,37,38);1H/q+1;/p-1. The Morgan fingerprint density at radius 3 is 1.88 bits per heavy atom. The second-order valence-corrected chi connectivity index (χ2v) is 10.8. The number of guanidine groups is 1. The summed E-state index contributed by atoms with van der Waals surface area (Å²) < 4.78 is 50.2. The predicted octanol–water partition coefficient (Wildman–Crippen LogP) is 0.248. The zero-order chi connectivity index (χ0) is 35.9. The number of benzene rings is 1. The molecule has 0 saturated carbocycles. The van der Waals surface area contributed by atoms with Crippen LogP contribution < -0.4 is 32.3 Å². The molecule has 1 aromatic heterocycles. The minimum absolute atomic E-state index is 0. The Bertz CT molecular complexity index is 1210. The predicted molar refractivity (Wildman–Crippen MR) is 185 cm³/mol. The van der Waals surface area contributed by atoms with Gasteiger partial charge in [0.25, 0.3) is 6.47 Å². The molecule has 1 aromatic carbocycles. The maximum absolute atomic E-state index is 11.1. The summed E-state index contributed by atoms with van der Waals surface area (Å²) in [7, 11) is 1.63. The van der Waals surface area contributed by atoms with E-state index in [0.717, 1.165) is 37.1 Å². The van der Waals surface area contributed by atoms with Crippen molar-refractivity contribution < 1.29 is 64.4 Å². The summed E-state index contributed by atoms with van der Waals surface area (Å²) in [6, 6.07) is 10.8. The van der Waals surface area contributed by atoms with E-state index in [1.165, 1.54) is 0 Å². The van der Waals surface area contributed by atoms with Crippen molar-refractivity contribution >= 4 is 29.7 Å². The van der Waals surface area contributed by atoms with Crippen LogP contribution in [0.3, 0.4) is 0 Å². The molecule has 0 radical (unpaired) electrons. The molecule has 0 aliphatic heterocycles. The highest BCUT2D eigenvalue weighted by molar-refractivity contribution is 6.30. The molecule has 0 amide bonds. The Balaban J connectivity index is 0.0000130. The molecule has 0 bridgehead atoms. The second kappa shape index (κ2) is 31.4. The Kier molecular flexibility index (Phi) is 28.2. The second-order valence-electron chi connectivity index (χ2n) is 10.4. The van der Waals surface area contributed by atoms with Crippen LogP contribution in [-0.2, 0) is 42.7 Å². The third kappa shape index (κ3) is 22.3. The van der Waals surface area contributed by atoms with Crippen LogP contribution in [0.4, 0.5) is 5.69 Å². The first-order valence-corrected chi connectivity index (χ1v) is 16.9. The Labute approximate surface area is 311 Å². The number of methoxy groups -OCH3 is 1. The van der Waals surface area contributed by atoms with Crippen molar-refractivity contribution in [2.45, 2.75) is 32.1 Å². The number of rotatable bonds is 31. The van der Waals surface area contributed by atoms with Crippen molar-refractivity contribution in [1.29, 1.82) is 5.26 Å². The molecular formula is C34H51Cl2N5O10. The van der Waals surface area contributed by atoms with E-state index < -0.39 is 6.41 Å². The van der Waals surface area contributed by atoms with E-state index in [-0.39, 0.29) is 31.6 Å². The van der Waals surface area contributed by atoms with E-state index in [0.29, 0.717) is 90.7 Å². The summed E-state index contributed by atoms with van der Waals surface area (Å²) >= 11 is 5.91. The van der Waals surface area contributed by atoms with Crippen LogP contribution in [0.2, 0.25) is 5.02 Å². The number of aromatic nitrogens is 1. The van der Waals surface area contributed by atoms with Gasteiger partial charge < -0.3 is 60.9 Å². The lowest BCUT2D eigenvalue weighted by Gasteiger charge is -2.22. The van der Waals surface area contributed by atoms with E-state index in [1.54, 1.807) is 59.4 Å². The number of carbonyl (C=O) groups excluding carboxylic acids is 1. The number of unbranched alkanes of at least 4 members (excludes halogenated alkanes) is 3. The van der Waals surface area contributed by atoms with E-state index >= 15 is 0 Å². The van der Waals surface area contributed by atoms with Crippen molar-refractivity contribution in [3.63, 3.8) is 0 Å². The van der Waals surface area contributed by atoms with Gasteiger partial charge in [0.05, 0.1) is 91.6 Å². The van der Waals surface area contributed by atoms with Crippen molar-refractivity contribution in [3.05, 3.63) is 53.8 Å². The third-order valence-corrected chi connectivity index (χ3v) is 7.02. The number of halogens is 2. The van der Waals surface area contributed by atoms with Crippen molar-refractivity contribution in [3.8, 4) is 11.9 Å². The average molecular weight is 761 g/mol. The molecule has 0 spiro atoms. The molecule has 286 valence electrons. The number of nitrogens with zero attached hydrogens (tertiary/aromatic N) is 4. The van der Waals surface area contributed by atoms with Crippen LogP contribution in [0.25, 0.3) is 0 Å². The Hall–Kier alpha value is -3.30. The van der Waals surface area contributed by atoms with E-state index in [4.69, 9.17) is 65.2 Å². The molecule has 2 rings (SSSR count). The Morgan fingerprint density at radius 2 is 1.35 bits per heavy atom. The van der Waals surface area contributed by atoms with E-state index in [9.17, 15) is 4.79 Å². The Morgan fingerprint density at radius 1 is 0.824 bits per heavy atom. The fraction of sp³-hybridized carbons (Fsp3) is 0.588. The largest absolute Gasteiger partial charge is 1.00 e. The van der Waals surface area contributed by atoms with Gasteiger partial charge in [-0.15, -0.1) is 9.56 Å². The monoisotopic (exact) mass is 759 g/mol. The third-order valence-electron chi connectivity index (χ3n) is 6.77. The van der Waals surface area contributed by atoms with Gasteiger partial charge in [-0.25, -0.2) is 0 Å². The first-order chi connectivity index (χ1) is 24.6. The number of nitrogens with two attached hydrogens (primary N) is 1. The van der Waals surface area contributed by atoms with Gasteiger partial charge in [0, 0.05) is 30.8 Å². The lowest BCUT2D eigenvalue weighted by Crippen LogP contribution is -3.00. The quantitative estimate of drug-likeness (QED) is 0.0211. The van der Waals surface area contributed by atoms with Crippen LogP contribution in [-0.4, -0.2) is 112 Å². The summed E-state index contributed by atoms with van der Waals surface area (Å²) in [5.41, 5.74) is 6.82. The van der Waals surface area contributed by atoms with Gasteiger partial charge in [0.1, 0.15) is 5.75 Å². The number of ether oxygens (including phenoxy) is 9. The molecule has 0 saturated heterocycles. The minimum atomic E-state index is -1.00. The molecule has 2 aromatic rings. The highest BCUT2D eigenvalue weighted by Gasteiger charge is 2.21. The van der Waals surface area contributed by atoms with Gasteiger partial charge in [-0.2, -0.15) is 5.26 Å². The number of hydrogen-bond acceptors (Lipinski definition) is 12. The zero-order valence-electron chi connectivity index (χ0n) is 29.2. The summed E-state index contributed by atoms with van der Waals surface area (Å²) in [6.07, 6.45) is 7.73. The molecular weight excluding hydrogens is 709 g/mol. The molecule has 15 nitrogen and oxygen atoms in total. The first kappa shape index (κ1) is 45.7. The summed E-state index contributed by atoms with van der Waals surface area (Å²) in [5.74, 6) is 0.874. The van der Waals surface area contributed by atoms with Gasteiger partial charge in [-0.05, 0) is 37.1 Å². The number of nitriles is 1. The lowest BCUT2D eigenvalue weighted by atomic mass is 10.2. The zero-order valence-corrected chi connectivity index (χ0v) is 30.7. The number of pyridine rings is 1. The lowest BCUT2D eigenvalue weighted by molar-refractivity contribution is -0.799. The molecule has 0 aliphatic carbocycles. The van der Waals surface area contributed by atoms with E-state index in [2.05, 4.69) is 4.99 Å². The SMILES string of the molecule is COCCOCCOCCOCCOCCOCCOC(OC=O)[n+]1ccc(N(CCCCCCOc2ccc(Cl)cc2)C(N)=NC#N)cc1.[Cl-]. The van der Waals surface area contributed by atoms with Gasteiger partial charge >= 0.3 is 6.41 Å². The molecule has 1 heterocycles. The minimum Gasteiger partial charge on any atom is -1.00 e. The van der Waals surface area contributed by atoms with E-state index in [1.807, 2.05) is 12.1 Å². The smallest absolute Gasteiger partial charge is 0.426 e. The topological polar surface area (TPSA) is 169 Å². The number of aliphatic imine (C=N–C) groups is 1. The van der Waals surface area contributed by atoms with Gasteiger partial charge in [-0.1, -0.05) is 24.4 Å². The summed E-state index contributed by atoms with van der Waals surface area (Å²) in [5, 5.41) is 9.74. The van der Waals surface area contributed by atoms with Crippen molar-refractivity contribution in [1.82, 2.24) is 0 Å². The van der Waals surface area contributed by atoms with Gasteiger partial charge in [0.2, 0.25) is 12.2 Å². The van der Waals surface area contributed by atoms with Crippen LogP contribution in [0, 0.1) is 11.5 Å². The van der Waals surface area contributed by atoms with Gasteiger partial charge in [0.15, 0.2) is 12.4 Å². The summed E-state index contributed by atoms with van der Waals surface area (Å²) in [4.78, 5) is 16.6. The number of anilines is 1. The molecule has 1 atom stereocenters. The fourth-order valence-electron chi connectivity index (χ4n) is 4.26. The highest BCUT2D eigenvalue weighted by atomic mass is 35.5. The molecule has 17 heteroatoms. The highest BCUT2D eigenvalue weighted by Crippen LogP contribution is 2.17. The van der Waals surface area contributed by atoms with Crippen molar-refractivity contribution in [2.75, 3.05) is 104 Å². The van der Waals surface area contributed by atoms with Crippen LogP contribution in [0.15, 0.2) is 53.8 Å². The molecule has 1 unspecified atom stereocenters. The van der Waals surface area contributed by atoms with Gasteiger partial charge in [-0.3, -0.25) is 9.53 Å². The maximum Gasteiger partial charge on any atom is 0.426 e. The van der Waals surface area contributed by atoms with Crippen LogP contribution in [0.5, 0.6) is 5.75 Å². The fourth-order valence-corrected chi connectivity index (χ4v) is 4.39. The van der Waals surface area contributed by atoms with Crippen LogP contribution >= 0.6 is 11.6 Å². The first-order valence-electron chi connectivity index (χ1n) is 16.6. The molecule has 0 aliphatic rings. The normalized spacial score (nSPS) is 11.7. The van der Waals surface area contributed by atoms with Crippen LogP contribution in [0.1, 0.15) is 32.1 Å². The number of hydrogen-bond donors (Lipinski definition) is 1. The maximum atomic E-state index is 11.1.